The van der Waals surface area contributed by atoms with Crippen LogP contribution < -0.4 is 5.32 Å². The number of hydrogen-bond acceptors (Lipinski definition) is 3. The second-order valence-electron chi connectivity index (χ2n) is 6.25. The van der Waals surface area contributed by atoms with E-state index in [9.17, 15) is 14.7 Å². The molecule has 1 amide bonds. The van der Waals surface area contributed by atoms with Crippen molar-refractivity contribution in [3.05, 3.63) is 0 Å². The Bertz CT molecular complexity index is 336. The molecule has 1 saturated carbocycles. The van der Waals surface area contributed by atoms with Crippen LogP contribution in [0.2, 0.25) is 0 Å². The number of rotatable bonds is 7. The second-order valence-corrected chi connectivity index (χ2v) is 6.25. The molecule has 2 N–H and O–H groups in total. The summed E-state index contributed by atoms with van der Waals surface area (Å²) in [6.07, 6.45) is 4.28. The maximum atomic E-state index is 12.0. The van der Waals surface area contributed by atoms with Crippen molar-refractivity contribution in [2.24, 2.45) is 5.41 Å². The van der Waals surface area contributed by atoms with E-state index in [1.807, 2.05) is 7.05 Å². The predicted molar refractivity (Wildman–Crippen MR) is 78.5 cm³/mol. The van der Waals surface area contributed by atoms with E-state index in [0.717, 1.165) is 25.8 Å². The SMILES string of the molecule is CC(C)N(C)CCNC(=O)CC1(C(=O)O)CCCCC1. The number of carbonyl (C=O) groups excluding carboxylic acids is 1. The second kappa shape index (κ2) is 7.62. The number of carboxylic acids is 1. The van der Waals surface area contributed by atoms with Crippen molar-refractivity contribution in [3.8, 4) is 0 Å². The highest BCUT2D eigenvalue weighted by molar-refractivity contribution is 5.85. The minimum atomic E-state index is -0.827. The zero-order valence-corrected chi connectivity index (χ0v) is 12.9. The van der Waals surface area contributed by atoms with E-state index in [2.05, 4.69) is 24.1 Å². The average molecular weight is 284 g/mol. The van der Waals surface area contributed by atoms with E-state index in [0.29, 0.717) is 25.4 Å². The molecule has 0 bridgehead atoms. The van der Waals surface area contributed by atoms with Gasteiger partial charge in [-0.2, -0.15) is 0 Å². The van der Waals surface area contributed by atoms with Crippen molar-refractivity contribution in [1.82, 2.24) is 10.2 Å². The molecule has 20 heavy (non-hydrogen) atoms. The fourth-order valence-electron chi connectivity index (χ4n) is 2.69. The normalized spacial score (nSPS) is 18.2. The smallest absolute Gasteiger partial charge is 0.310 e. The summed E-state index contributed by atoms with van der Waals surface area (Å²) in [6.45, 7) is 5.55. The predicted octanol–water partition coefficient (Wildman–Crippen LogP) is 1.87. The molecule has 5 nitrogen and oxygen atoms in total. The molecule has 0 unspecified atom stereocenters. The third-order valence-electron chi connectivity index (χ3n) is 4.43. The Morgan fingerprint density at radius 1 is 1.25 bits per heavy atom. The van der Waals surface area contributed by atoms with Crippen molar-refractivity contribution in [1.29, 1.82) is 0 Å². The molecule has 0 aromatic rings. The number of carbonyl (C=O) groups is 2. The van der Waals surface area contributed by atoms with Crippen molar-refractivity contribution >= 4 is 11.9 Å². The molecule has 0 spiro atoms. The molecule has 0 aromatic heterocycles. The van der Waals surface area contributed by atoms with Crippen LogP contribution in [-0.2, 0) is 9.59 Å². The molecule has 1 aliphatic rings. The van der Waals surface area contributed by atoms with Crippen LogP contribution in [-0.4, -0.2) is 48.1 Å². The lowest BCUT2D eigenvalue weighted by Crippen LogP contribution is -2.41. The summed E-state index contributed by atoms with van der Waals surface area (Å²) in [4.78, 5) is 25.6. The van der Waals surface area contributed by atoms with Gasteiger partial charge < -0.3 is 15.3 Å². The van der Waals surface area contributed by atoms with Crippen LogP contribution in [0.1, 0.15) is 52.4 Å². The van der Waals surface area contributed by atoms with Crippen molar-refractivity contribution in [3.63, 3.8) is 0 Å². The summed E-state index contributed by atoms with van der Waals surface area (Å²) in [6, 6.07) is 0.440. The Morgan fingerprint density at radius 3 is 2.35 bits per heavy atom. The van der Waals surface area contributed by atoms with E-state index in [4.69, 9.17) is 0 Å². The quantitative estimate of drug-likeness (QED) is 0.749. The number of nitrogens with zero attached hydrogens (tertiary/aromatic N) is 1. The first-order chi connectivity index (χ1) is 9.37. The van der Waals surface area contributed by atoms with Crippen molar-refractivity contribution < 1.29 is 14.7 Å². The molecule has 0 saturated heterocycles. The van der Waals surface area contributed by atoms with Gasteiger partial charge in [0.15, 0.2) is 0 Å². The first-order valence-corrected chi connectivity index (χ1v) is 7.58. The monoisotopic (exact) mass is 284 g/mol. The third-order valence-corrected chi connectivity index (χ3v) is 4.43. The maximum absolute atomic E-state index is 12.0. The van der Waals surface area contributed by atoms with E-state index < -0.39 is 11.4 Å². The minimum absolute atomic E-state index is 0.119. The maximum Gasteiger partial charge on any atom is 0.310 e. The van der Waals surface area contributed by atoms with Crippen molar-refractivity contribution in [2.75, 3.05) is 20.1 Å². The van der Waals surface area contributed by atoms with Gasteiger partial charge in [0.2, 0.25) is 5.91 Å². The van der Waals surface area contributed by atoms with Gasteiger partial charge in [0.25, 0.3) is 0 Å². The lowest BCUT2D eigenvalue weighted by atomic mass is 9.71. The zero-order valence-electron chi connectivity index (χ0n) is 12.9. The van der Waals surface area contributed by atoms with Crippen LogP contribution >= 0.6 is 0 Å². The number of aliphatic carboxylic acids is 1. The van der Waals surface area contributed by atoms with E-state index in [1.165, 1.54) is 0 Å². The van der Waals surface area contributed by atoms with Gasteiger partial charge in [0.05, 0.1) is 5.41 Å². The molecule has 0 radical (unpaired) electrons. The largest absolute Gasteiger partial charge is 0.481 e. The fraction of sp³-hybridized carbons (Fsp3) is 0.867. The van der Waals surface area contributed by atoms with Gasteiger partial charge in [-0.1, -0.05) is 19.3 Å². The molecule has 5 heteroatoms. The fourth-order valence-corrected chi connectivity index (χ4v) is 2.69. The topological polar surface area (TPSA) is 69.6 Å². The molecule has 1 rings (SSSR count). The van der Waals surface area contributed by atoms with Gasteiger partial charge in [-0.25, -0.2) is 0 Å². The molecule has 1 aliphatic carbocycles. The van der Waals surface area contributed by atoms with Crippen molar-refractivity contribution in [2.45, 2.75) is 58.4 Å². The first-order valence-electron chi connectivity index (χ1n) is 7.58. The van der Waals surface area contributed by atoms with Gasteiger partial charge in [-0.3, -0.25) is 9.59 Å². The van der Waals surface area contributed by atoms with E-state index in [1.54, 1.807) is 0 Å². The summed E-state index contributed by atoms with van der Waals surface area (Å²) < 4.78 is 0. The number of likely N-dealkylation sites (N-methyl/N-ethyl adjacent to an activating group) is 1. The zero-order chi connectivity index (χ0) is 15.2. The molecule has 1 fully saturated rings. The number of amides is 1. The van der Waals surface area contributed by atoms with Crippen LogP contribution in [0.4, 0.5) is 0 Å². The van der Waals surface area contributed by atoms with Crippen LogP contribution in [0.5, 0.6) is 0 Å². The van der Waals surface area contributed by atoms with Gasteiger partial charge in [-0.05, 0) is 33.7 Å². The Morgan fingerprint density at radius 2 is 1.85 bits per heavy atom. The Balaban J connectivity index is 2.41. The molecular weight excluding hydrogens is 256 g/mol. The van der Waals surface area contributed by atoms with Crippen LogP contribution in [0.15, 0.2) is 0 Å². The summed E-state index contributed by atoms with van der Waals surface area (Å²) in [5.74, 6) is -0.946. The van der Waals surface area contributed by atoms with E-state index in [-0.39, 0.29) is 12.3 Å². The highest BCUT2D eigenvalue weighted by Crippen LogP contribution is 2.39. The number of carboxylic acid groups (broad SMARTS) is 1. The Hall–Kier alpha value is -1.10. The van der Waals surface area contributed by atoms with Crippen LogP contribution in [0, 0.1) is 5.41 Å². The standard InChI is InChI=1S/C15H28N2O3/c1-12(2)17(3)10-9-16-13(18)11-15(14(19)20)7-5-4-6-8-15/h12H,4-11H2,1-3H3,(H,16,18)(H,19,20). The molecule has 0 heterocycles. The highest BCUT2D eigenvalue weighted by atomic mass is 16.4. The van der Waals surface area contributed by atoms with Crippen LogP contribution in [0.25, 0.3) is 0 Å². The van der Waals surface area contributed by atoms with Gasteiger partial charge >= 0.3 is 5.97 Å². The summed E-state index contributed by atoms with van der Waals surface area (Å²) >= 11 is 0. The summed E-state index contributed by atoms with van der Waals surface area (Å²) in [5, 5.41) is 12.3. The summed E-state index contributed by atoms with van der Waals surface area (Å²) in [7, 11) is 2.01. The van der Waals surface area contributed by atoms with Crippen LogP contribution in [0.3, 0.4) is 0 Å². The minimum Gasteiger partial charge on any atom is -0.481 e. The molecule has 0 aliphatic heterocycles. The van der Waals surface area contributed by atoms with Gasteiger partial charge in [-0.15, -0.1) is 0 Å². The lowest BCUT2D eigenvalue weighted by molar-refractivity contribution is -0.154. The molecule has 0 aromatic carbocycles. The molecule has 0 atom stereocenters. The Kier molecular flexibility index (Phi) is 6.46. The first kappa shape index (κ1) is 17.0. The number of nitrogens with one attached hydrogen (secondary N) is 1. The third kappa shape index (κ3) is 4.78. The molecular formula is C15H28N2O3. The Labute approximate surface area is 121 Å². The number of hydrogen-bond donors (Lipinski definition) is 2. The van der Waals surface area contributed by atoms with E-state index >= 15 is 0 Å². The lowest BCUT2D eigenvalue weighted by Gasteiger charge is -2.32. The summed E-state index contributed by atoms with van der Waals surface area (Å²) in [5.41, 5.74) is -0.827. The average Bonchev–Trinajstić information content (AvgIpc) is 2.39. The molecule has 116 valence electrons. The highest BCUT2D eigenvalue weighted by Gasteiger charge is 2.41. The van der Waals surface area contributed by atoms with Gasteiger partial charge in [0, 0.05) is 25.6 Å². The van der Waals surface area contributed by atoms with Gasteiger partial charge in [0.1, 0.15) is 0 Å².